The predicted molar refractivity (Wildman–Crippen MR) is 113 cm³/mol. The molecule has 1 N–H and O–H groups in total. The smallest absolute Gasteiger partial charge is 0.416 e. The molecule has 0 aliphatic heterocycles. The van der Waals surface area contributed by atoms with Gasteiger partial charge in [-0.15, -0.1) is 0 Å². The Hall–Kier alpha value is -3.40. The fourth-order valence-electron chi connectivity index (χ4n) is 3.25. The van der Waals surface area contributed by atoms with Crippen molar-refractivity contribution in [2.45, 2.75) is 32.5 Å². The Labute approximate surface area is 183 Å². The summed E-state index contributed by atoms with van der Waals surface area (Å²) in [4.78, 5) is 29.5. The molecule has 0 fully saturated rings. The van der Waals surface area contributed by atoms with E-state index in [1.807, 2.05) is 0 Å². The van der Waals surface area contributed by atoms with Crippen LogP contribution in [0.3, 0.4) is 0 Å². The van der Waals surface area contributed by atoms with Crippen molar-refractivity contribution in [2.75, 3.05) is 5.32 Å². The highest BCUT2D eigenvalue weighted by Crippen LogP contribution is 2.31. The third-order valence-electron chi connectivity index (χ3n) is 4.72. The van der Waals surface area contributed by atoms with E-state index in [9.17, 15) is 22.8 Å². The zero-order valence-corrected chi connectivity index (χ0v) is 17.6. The van der Waals surface area contributed by atoms with Gasteiger partial charge in [-0.25, -0.2) is 0 Å². The summed E-state index contributed by atoms with van der Waals surface area (Å²) in [5.74, 6) is -0.617. The van der Waals surface area contributed by atoms with Crippen molar-refractivity contribution in [2.24, 2.45) is 0 Å². The van der Waals surface area contributed by atoms with Crippen LogP contribution in [0.2, 0.25) is 5.02 Å². The zero-order valence-electron chi connectivity index (χ0n) is 16.8. The Balaban J connectivity index is 1.68. The lowest BCUT2D eigenvalue weighted by molar-refractivity contribution is -0.137. The Morgan fingerprint density at radius 2 is 1.97 bits per heavy atom. The van der Waals surface area contributed by atoms with Gasteiger partial charge in [-0.05, 0) is 50.2 Å². The number of oxazole rings is 1. The fraction of sp³-hybridized carbons (Fsp3) is 0.238. The number of anilines is 1. The van der Waals surface area contributed by atoms with Crippen molar-refractivity contribution in [1.29, 1.82) is 0 Å². The van der Waals surface area contributed by atoms with Gasteiger partial charge in [-0.2, -0.15) is 23.3 Å². The molecule has 11 heteroatoms. The van der Waals surface area contributed by atoms with Crippen LogP contribution >= 0.6 is 11.6 Å². The van der Waals surface area contributed by atoms with E-state index in [4.69, 9.17) is 16.0 Å². The normalized spacial score (nSPS) is 12.1. The number of alkyl halides is 3. The second-order valence-corrected chi connectivity index (χ2v) is 7.84. The maximum Gasteiger partial charge on any atom is 0.416 e. The minimum absolute atomic E-state index is 0.0415. The molecule has 2 heterocycles. The standard InChI is InChI=1S/C21H16ClF3N4O3/c1-10(2)29-16-7-11(21(23,24)25)3-5-13(16)19(31)15(28-29)9-18(30)27-20-26-14-8-12(22)4-6-17(14)32-20/h3-8,10H,9H2,1-2H3,(H,26,27,30). The quantitative estimate of drug-likeness (QED) is 0.460. The van der Waals surface area contributed by atoms with Gasteiger partial charge in [0.05, 0.1) is 17.5 Å². The minimum Gasteiger partial charge on any atom is -0.423 e. The maximum absolute atomic E-state index is 13.1. The average Bonchev–Trinajstić information content (AvgIpc) is 3.09. The summed E-state index contributed by atoms with van der Waals surface area (Å²) in [6, 6.07) is 7.17. The van der Waals surface area contributed by atoms with Gasteiger partial charge in [0.15, 0.2) is 5.58 Å². The summed E-state index contributed by atoms with van der Waals surface area (Å²) in [6.45, 7) is 3.43. The Kier molecular flexibility index (Phi) is 5.41. The summed E-state index contributed by atoms with van der Waals surface area (Å²) in [5.41, 5.74) is -0.717. The first-order valence-electron chi connectivity index (χ1n) is 9.51. The highest BCUT2D eigenvalue weighted by Gasteiger charge is 2.31. The SMILES string of the molecule is CC(C)n1nc(CC(=O)Nc2nc3cc(Cl)ccc3o2)c(=O)c2ccc(C(F)(F)F)cc21. The molecule has 0 radical (unpaired) electrons. The lowest BCUT2D eigenvalue weighted by Gasteiger charge is -2.16. The molecule has 166 valence electrons. The molecule has 0 spiro atoms. The topological polar surface area (TPSA) is 90.0 Å². The first-order chi connectivity index (χ1) is 15.0. The molecule has 0 saturated carbocycles. The van der Waals surface area contributed by atoms with Gasteiger partial charge in [0.25, 0.3) is 0 Å². The van der Waals surface area contributed by atoms with Crippen LogP contribution in [-0.2, 0) is 17.4 Å². The van der Waals surface area contributed by atoms with Gasteiger partial charge in [-0.3, -0.25) is 19.6 Å². The molecule has 2 aromatic carbocycles. The van der Waals surface area contributed by atoms with Gasteiger partial charge in [-0.1, -0.05) is 11.6 Å². The van der Waals surface area contributed by atoms with Gasteiger partial charge in [0, 0.05) is 16.5 Å². The Morgan fingerprint density at radius 3 is 2.66 bits per heavy atom. The Bertz CT molecular complexity index is 1410. The van der Waals surface area contributed by atoms with E-state index in [2.05, 4.69) is 15.4 Å². The molecule has 0 saturated heterocycles. The van der Waals surface area contributed by atoms with E-state index >= 15 is 0 Å². The molecule has 32 heavy (non-hydrogen) atoms. The first kappa shape index (κ1) is 21.8. The van der Waals surface area contributed by atoms with E-state index < -0.39 is 29.5 Å². The number of amides is 1. The van der Waals surface area contributed by atoms with Crippen LogP contribution in [0, 0.1) is 0 Å². The van der Waals surface area contributed by atoms with Crippen LogP contribution in [0.15, 0.2) is 45.6 Å². The lowest BCUT2D eigenvalue weighted by Crippen LogP contribution is -2.25. The van der Waals surface area contributed by atoms with Crippen molar-refractivity contribution >= 4 is 45.5 Å². The van der Waals surface area contributed by atoms with Crippen LogP contribution in [-0.4, -0.2) is 20.7 Å². The van der Waals surface area contributed by atoms with Crippen LogP contribution in [0.25, 0.3) is 22.0 Å². The van der Waals surface area contributed by atoms with Gasteiger partial charge in [0.2, 0.25) is 11.3 Å². The number of benzene rings is 2. The molecule has 2 aromatic heterocycles. The molecular weight excluding hydrogens is 449 g/mol. The molecule has 1 amide bonds. The van der Waals surface area contributed by atoms with Gasteiger partial charge in [0.1, 0.15) is 11.2 Å². The van der Waals surface area contributed by atoms with E-state index in [1.165, 1.54) is 4.68 Å². The molecule has 4 rings (SSSR count). The largest absolute Gasteiger partial charge is 0.423 e. The summed E-state index contributed by atoms with van der Waals surface area (Å²) in [7, 11) is 0. The molecule has 0 aliphatic rings. The second-order valence-electron chi connectivity index (χ2n) is 7.40. The number of nitrogens with one attached hydrogen (secondary N) is 1. The number of hydrogen-bond donors (Lipinski definition) is 1. The molecule has 0 unspecified atom stereocenters. The van der Waals surface area contributed by atoms with Crippen molar-refractivity contribution in [3.05, 3.63) is 62.9 Å². The van der Waals surface area contributed by atoms with Gasteiger partial charge < -0.3 is 4.42 Å². The number of fused-ring (bicyclic) bond motifs is 2. The van der Waals surface area contributed by atoms with Crippen LogP contribution < -0.4 is 10.7 Å². The maximum atomic E-state index is 13.1. The van der Waals surface area contributed by atoms with E-state index in [0.29, 0.717) is 16.1 Å². The van der Waals surface area contributed by atoms with Crippen molar-refractivity contribution in [1.82, 2.24) is 14.8 Å². The van der Waals surface area contributed by atoms with E-state index in [1.54, 1.807) is 32.0 Å². The highest BCUT2D eigenvalue weighted by atomic mass is 35.5. The zero-order chi connectivity index (χ0) is 23.2. The minimum atomic E-state index is -4.56. The summed E-state index contributed by atoms with van der Waals surface area (Å²) in [6.07, 6.45) is -4.98. The summed E-state index contributed by atoms with van der Waals surface area (Å²) < 4.78 is 46.1. The van der Waals surface area contributed by atoms with E-state index in [0.717, 1.165) is 18.2 Å². The number of carbonyl (C=O) groups excluding carboxylic acids is 1. The van der Waals surface area contributed by atoms with Gasteiger partial charge >= 0.3 is 12.2 Å². The number of halogens is 4. The monoisotopic (exact) mass is 464 g/mol. The summed E-state index contributed by atoms with van der Waals surface area (Å²) >= 11 is 5.90. The number of hydrogen-bond acceptors (Lipinski definition) is 5. The number of nitrogens with zero attached hydrogens (tertiary/aromatic N) is 3. The van der Waals surface area contributed by atoms with Crippen molar-refractivity contribution in [3.8, 4) is 0 Å². The number of aromatic nitrogens is 3. The molecule has 0 aliphatic carbocycles. The Morgan fingerprint density at radius 1 is 1.22 bits per heavy atom. The second kappa shape index (κ2) is 7.94. The van der Waals surface area contributed by atoms with Crippen LogP contribution in [0.5, 0.6) is 0 Å². The highest BCUT2D eigenvalue weighted by molar-refractivity contribution is 6.31. The van der Waals surface area contributed by atoms with Crippen molar-refractivity contribution in [3.63, 3.8) is 0 Å². The molecule has 7 nitrogen and oxygen atoms in total. The summed E-state index contributed by atoms with van der Waals surface area (Å²) in [5, 5.41) is 7.12. The fourth-order valence-corrected chi connectivity index (χ4v) is 3.42. The molecular formula is C21H16ClF3N4O3. The molecule has 0 bridgehead atoms. The average molecular weight is 465 g/mol. The van der Waals surface area contributed by atoms with Crippen LogP contribution in [0.1, 0.15) is 31.1 Å². The third kappa shape index (κ3) is 4.18. The van der Waals surface area contributed by atoms with Crippen LogP contribution in [0.4, 0.5) is 19.2 Å². The molecule has 4 aromatic rings. The van der Waals surface area contributed by atoms with E-state index in [-0.39, 0.29) is 28.7 Å². The first-order valence-corrected chi connectivity index (χ1v) is 9.89. The molecule has 0 atom stereocenters. The lowest BCUT2D eigenvalue weighted by atomic mass is 10.1. The predicted octanol–water partition coefficient (Wildman–Crippen LogP) is 4.97. The third-order valence-corrected chi connectivity index (χ3v) is 4.96. The number of rotatable bonds is 4. The number of carbonyl (C=O) groups is 1. The van der Waals surface area contributed by atoms with Crippen molar-refractivity contribution < 1.29 is 22.4 Å².